The van der Waals surface area contributed by atoms with E-state index in [-0.39, 0.29) is 5.41 Å². The molecule has 1 aliphatic rings. The molecule has 0 aliphatic carbocycles. The molecule has 0 unspecified atom stereocenters. The van der Waals surface area contributed by atoms with Crippen molar-refractivity contribution in [1.29, 1.82) is 5.26 Å². The van der Waals surface area contributed by atoms with E-state index in [0.29, 0.717) is 0 Å². The maximum atomic E-state index is 9.65. The highest BCUT2D eigenvalue weighted by Crippen LogP contribution is 2.37. The molecule has 3 nitrogen and oxygen atoms in total. The van der Waals surface area contributed by atoms with Crippen molar-refractivity contribution in [2.75, 3.05) is 13.1 Å². The van der Waals surface area contributed by atoms with Gasteiger partial charge < -0.3 is 10.3 Å². The lowest BCUT2D eigenvalue weighted by Gasteiger charge is -2.31. The standard InChI is InChI=1S/C15H17N3/c1-11-2-3-14-12(8-11)13(9-18-14)15(10-16)4-6-17-7-5-15/h2-3,8-9,17-18H,4-7H2,1H3. The van der Waals surface area contributed by atoms with E-state index in [0.717, 1.165) is 31.4 Å². The van der Waals surface area contributed by atoms with Gasteiger partial charge in [-0.2, -0.15) is 5.26 Å². The predicted molar refractivity (Wildman–Crippen MR) is 72.4 cm³/mol. The number of piperidine rings is 1. The molecule has 92 valence electrons. The number of aromatic nitrogens is 1. The van der Waals surface area contributed by atoms with Crippen LogP contribution in [0.2, 0.25) is 0 Å². The van der Waals surface area contributed by atoms with Gasteiger partial charge in [-0.05, 0) is 50.6 Å². The van der Waals surface area contributed by atoms with Crippen LogP contribution in [0.4, 0.5) is 0 Å². The molecule has 0 saturated carbocycles. The van der Waals surface area contributed by atoms with Gasteiger partial charge in [0.2, 0.25) is 0 Å². The van der Waals surface area contributed by atoms with Crippen molar-refractivity contribution in [3.05, 3.63) is 35.5 Å². The van der Waals surface area contributed by atoms with Gasteiger partial charge in [-0.25, -0.2) is 0 Å². The van der Waals surface area contributed by atoms with Crippen molar-refractivity contribution >= 4 is 10.9 Å². The molecule has 1 aromatic carbocycles. The van der Waals surface area contributed by atoms with Crippen molar-refractivity contribution in [3.63, 3.8) is 0 Å². The highest BCUT2D eigenvalue weighted by Gasteiger charge is 2.35. The largest absolute Gasteiger partial charge is 0.361 e. The zero-order valence-electron chi connectivity index (χ0n) is 10.6. The molecule has 2 aromatic rings. The Kier molecular flexibility index (Phi) is 2.61. The molecule has 1 saturated heterocycles. The molecule has 3 heteroatoms. The zero-order chi connectivity index (χ0) is 12.6. The molecule has 0 atom stereocenters. The van der Waals surface area contributed by atoms with Gasteiger partial charge in [0.1, 0.15) is 0 Å². The summed E-state index contributed by atoms with van der Waals surface area (Å²) in [5.41, 5.74) is 3.22. The predicted octanol–water partition coefficient (Wildman–Crippen LogP) is 2.62. The fraction of sp³-hybridized carbons (Fsp3) is 0.400. The molecule has 0 bridgehead atoms. The van der Waals surface area contributed by atoms with Crippen LogP contribution >= 0.6 is 0 Å². The number of aryl methyl sites for hydroxylation is 1. The van der Waals surface area contributed by atoms with E-state index in [9.17, 15) is 5.26 Å². The van der Waals surface area contributed by atoms with E-state index in [2.05, 4.69) is 41.5 Å². The summed E-state index contributed by atoms with van der Waals surface area (Å²) < 4.78 is 0. The Balaban J connectivity index is 2.18. The number of benzene rings is 1. The number of nitriles is 1. The third-order valence-electron chi connectivity index (χ3n) is 4.02. The molecular formula is C15H17N3. The Morgan fingerprint density at radius 1 is 1.28 bits per heavy atom. The summed E-state index contributed by atoms with van der Waals surface area (Å²) in [7, 11) is 0. The first-order valence-corrected chi connectivity index (χ1v) is 6.45. The first-order chi connectivity index (χ1) is 8.75. The van der Waals surface area contributed by atoms with Gasteiger partial charge in [0.25, 0.3) is 0 Å². The van der Waals surface area contributed by atoms with E-state index in [4.69, 9.17) is 0 Å². The molecule has 18 heavy (non-hydrogen) atoms. The number of fused-ring (bicyclic) bond motifs is 1. The Labute approximate surface area is 107 Å². The van der Waals surface area contributed by atoms with Gasteiger partial charge in [0.15, 0.2) is 0 Å². The third kappa shape index (κ3) is 1.61. The molecule has 2 heterocycles. The summed E-state index contributed by atoms with van der Waals surface area (Å²) in [5, 5.41) is 14.2. The van der Waals surface area contributed by atoms with Crippen molar-refractivity contribution in [2.45, 2.75) is 25.2 Å². The Hall–Kier alpha value is -1.79. The van der Waals surface area contributed by atoms with Gasteiger partial charge in [0.05, 0.1) is 11.5 Å². The minimum Gasteiger partial charge on any atom is -0.361 e. The first kappa shape index (κ1) is 11.3. The number of aromatic amines is 1. The number of H-pyrrole nitrogens is 1. The van der Waals surface area contributed by atoms with E-state index in [1.807, 2.05) is 6.20 Å². The van der Waals surface area contributed by atoms with Crippen LogP contribution in [0.5, 0.6) is 0 Å². The molecule has 1 fully saturated rings. The maximum Gasteiger partial charge on any atom is 0.0867 e. The first-order valence-electron chi connectivity index (χ1n) is 6.45. The molecule has 2 N–H and O–H groups in total. The Morgan fingerprint density at radius 2 is 2.06 bits per heavy atom. The minimum absolute atomic E-state index is 0.322. The highest BCUT2D eigenvalue weighted by atomic mass is 14.9. The third-order valence-corrected chi connectivity index (χ3v) is 4.02. The number of rotatable bonds is 1. The Bertz CT molecular complexity index is 612. The van der Waals surface area contributed by atoms with Crippen molar-refractivity contribution in [2.24, 2.45) is 0 Å². The lowest BCUT2D eigenvalue weighted by molar-refractivity contribution is 0.385. The number of nitrogens with zero attached hydrogens (tertiary/aromatic N) is 1. The lowest BCUT2D eigenvalue weighted by atomic mass is 9.74. The molecule has 1 aromatic heterocycles. The summed E-state index contributed by atoms with van der Waals surface area (Å²) in [6.45, 7) is 3.94. The van der Waals surface area contributed by atoms with Crippen LogP contribution in [0.1, 0.15) is 24.0 Å². The van der Waals surface area contributed by atoms with Crippen molar-refractivity contribution < 1.29 is 0 Å². The summed E-state index contributed by atoms with van der Waals surface area (Å²) in [4.78, 5) is 3.30. The normalized spacial score (nSPS) is 18.7. The second-order valence-electron chi connectivity index (χ2n) is 5.20. The quantitative estimate of drug-likeness (QED) is 0.803. The summed E-state index contributed by atoms with van der Waals surface area (Å²) >= 11 is 0. The fourth-order valence-electron chi connectivity index (χ4n) is 2.93. The van der Waals surface area contributed by atoms with Crippen LogP contribution in [0.15, 0.2) is 24.4 Å². The van der Waals surface area contributed by atoms with Crippen molar-refractivity contribution in [1.82, 2.24) is 10.3 Å². The van der Waals surface area contributed by atoms with Crippen LogP contribution in [0.25, 0.3) is 10.9 Å². The second kappa shape index (κ2) is 4.15. The van der Waals surface area contributed by atoms with Crippen LogP contribution in [0.3, 0.4) is 0 Å². The molecule has 0 amide bonds. The van der Waals surface area contributed by atoms with E-state index in [1.165, 1.54) is 16.5 Å². The van der Waals surface area contributed by atoms with Gasteiger partial charge >= 0.3 is 0 Å². The van der Waals surface area contributed by atoms with Crippen LogP contribution in [-0.2, 0) is 5.41 Å². The SMILES string of the molecule is Cc1ccc2[nH]cc(C3(C#N)CCNCC3)c2c1. The van der Waals surface area contributed by atoms with Gasteiger partial charge in [-0.15, -0.1) is 0 Å². The molecular weight excluding hydrogens is 222 g/mol. The maximum absolute atomic E-state index is 9.65. The van der Waals surface area contributed by atoms with Gasteiger partial charge in [0, 0.05) is 17.1 Å². The zero-order valence-corrected chi connectivity index (χ0v) is 10.6. The summed E-state index contributed by atoms with van der Waals surface area (Å²) in [6.07, 6.45) is 3.81. The summed E-state index contributed by atoms with van der Waals surface area (Å²) in [5.74, 6) is 0. The fourth-order valence-corrected chi connectivity index (χ4v) is 2.93. The minimum atomic E-state index is -0.322. The highest BCUT2D eigenvalue weighted by molar-refractivity contribution is 5.85. The molecule has 1 aliphatic heterocycles. The molecule has 3 rings (SSSR count). The van der Waals surface area contributed by atoms with E-state index in [1.54, 1.807) is 0 Å². The lowest BCUT2D eigenvalue weighted by Crippen LogP contribution is -2.38. The van der Waals surface area contributed by atoms with Gasteiger partial charge in [-0.3, -0.25) is 0 Å². The summed E-state index contributed by atoms with van der Waals surface area (Å²) in [6, 6.07) is 8.95. The van der Waals surface area contributed by atoms with E-state index < -0.39 is 0 Å². The van der Waals surface area contributed by atoms with Gasteiger partial charge in [-0.1, -0.05) is 11.6 Å². The van der Waals surface area contributed by atoms with E-state index >= 15 is 0 Å². The Morgan fingerprint density at radius 3 is 2.78 bits per heavy atom. The average molecular weight is 239 g/mol. The monoisotopic (exact) mass is 239 g/mol. The molecule has 0 radical (unpaired) electrons. The smallest absolute Gasteiger partial charge is 0.0867 e. The topological polar surface area (TPSA) is 51.6 Å². The van der Waals surface area contributed by atoms with Crippen molar-refractivity contribution in [3.8, 4) is 6.07 Å². The number of nitrogens with one attached hydrogen (secondary N) is 2. The van der Waals surface area contributed by atoms with Crippen LogP contribution < -0.4 is 5.32 Å². The van der Waals surface area contributed by atoms with Crippen LogP contribution in [0, 0.1) is 18.3 Å². The number of hydrogen-bond acceptors (Lipinski definition) is 2. The molecule has 0 spiro atoms. The average Bonchev–Trinajstić information content (AvgIpc) is 2.83. The van der Waals surface area contributed by atoms with Crippen LogP contribution in [-0.4, -0.2) is 18.1 Å². The number of hydrogen-bond donors (Lipinski definition) is 2. The second-order valence-corrected chi connectivity index (χ2v) is 5.20.